The van der Waals surface area contributed by atoms with Crippen molar-refractivity contribution in [2.45, 2.75) is 38.4 Å². The van der Waals surface area contributed by atoms with Crippen molar-refractivity contribution in [3.63, 3.8) is 0 Å². The van der Waals surface area contributed by atoms with Crippen molar-refractivity contribution in [1.29, 1.82) is 0 Å². The summed E-state index contributed by atoms with van der Waals surface area (Å²) in [5.74, 6) is 0.957. The molecule has 2 N–H and O–H groups in total. The normalized spacial score (nSPS) is 35.6. The zero-order valence-corrected chi connectivity index (χ0v) is 9.11. The molecule has 3 heteroatoms. The van der Waals surface area contributed by atoms with E-state index < -0.39 is 0 Å². The fraction of sp³-hybridized carbons (Fsp3) is 1.00. The zero-order valence-electron chi connectivity index (χ0n) is 9.11. The van der Waals surface area contributed by atoms with E-state index in [4.69, 9.17) is 10.5 Å². The zero-order chi connectivity index (χ0) is 9.97. The van der Waals surface area contributed by atoms with Gasteiger partial charge < -0.3 is 10.5 Å². The molecule has 0 amide bonds. The number of hydrogen-bond acceptors (Lipinski definition) is 3. The van der Waals surface area contributed by atoms with Gasteiger partial charge in [-0.05, 0) is 25.7 Å². The molecule has 14 heavy (non-hydrogen) atoms. The largest absolute Gasteiger partial charge is 0.371 e. The Morgan fingerprint density at radius 1 is 1.36 bits per heavy atom. The number of nitrogens with zero attached hydrogens (tertiary/aromatic N) is 1. The predicted molar refractivity (Wildman–Crippen MR) is 57.2 cm³/mol. The Bertz CT molecular complexity index is 180. The molecule has 2 unspecified atom stereocenters. The molecule has 0 aromatic rings. The van der Waals surface area contributed by atoms with Crippen LogP contribution < -0.4 is 5.73 Å². The Labute approximate surface area is 86.6 Å². The molecule has 3 nitrogen and oxygen atoms in total. The van der Waals surface area contributed by atoms with E-state index in [-0.39, 0.29) is 6.10 Å². The van der Waals surface area contributed by atoms with E-state index in [2.05, 4.69) is 11.8 Å². The third-order valence-corrected chi connectivity index (χ3v) is 3.41. The standard InChI is InChI=1S/C11H22N2O/c1-9-6-13(7-10-3-2-4-10)8-11(5-12)14-9/h9-11H,2-8,12H2,1H3. The molecule has 1 aliphatic carbocycles. The van der Waals surface area contributed by atoms with Crippen LogP contribution in [0.1, 0.15) is 26.2 Å². The molecule has 2 atom stereocenters. The molecule has 0 bridgehead atoms. The third kappa shape index (κ3) is 2.47. The fourth-order valence-corrected chi connectivity index (χ4v) is 2.46. The van der Waals surface area contributed by atoms with Gasteiger partial charge in [-0.2, -0.15) is 0 Å². The second kappa shape index (κ2) is 4.60. The molecule has 2 rings (SSSR count). The highest BCUT2D eigenvalue weighted by Crippen LogP contribution is 2.27. The van der Waals surface area contributed by atoms with Gasteiger partial charge in [-0.25, -0.2) is 0 Å². The summed E-state index contributed by atoms with van der Waals surface area (Å²) in [5.41, 5.74) is 5.65. The first-order chi connectivity index (χ1) is 6.78. The Morgan fingerprint density at radius 3 is 2.71 bits per heavy atom. The second-order valence-corrected chi connectivity index (χ2v) is 4.82. The average molecular weight is 198 g/mol. The van der Waals surface area contributed by atoms with Crippen LogP contribution in [-0.4, -0.2) is 43.3 Å². The summed E-state index contributed by atoms with van der Waals surface area (Å²) < 4.78 is 5.73. The average Bonchev–Trinajstić information content (AvgIpc) is 2.10. The molecule has 0 radical (unpaired) electrons. The second-order valence-electron chi connectivity index (χ2n) is 4.82. The van der Waals surface area contributed by atoms with Crippen LogP contribution in [0.25, 0.3) is 0 Å². The minimum absolute atomic E-state index is 0.263. The van der Waals surface area contributed by atoms with Crippen LogP contribution in [0.15, 0.2) is 0 Å². The van der Waals surface area contributed by atoms with Crippen LogP contribution in [0.3, 0.4) is 0 Å². The van der Waals surface area contributed by atoms with Crippen LogP contribution in [0.2, 0.25) is 0 Å². The number of hydrogen-bond donors (Lipinski definition) is 1. The lowest BCUT2D eigenvalue weighted by molar-refractivity contribution is -0.0778. The van der Waals surface area contributed by atoms with Gasteiger partial charge in [0.1, 0.15) is 0 Å². The molecule has 1 heterocycles. The summed E-state index contributed by atoms with van der Waals surface area (Å²) in [6.07, 6.45) is 4.92. The topological polar surface area (TPSA) is 38.5 Å². The number of rotatable bonds is 3. The third-order valence-electron chi connectivity index (χ3n) is 3.41. The van der Waals surface area contributed by atoms with E-state index in [1.54, 1.807) is 0 Å². The van der Waals surface area contributed by atoms with Gasteiger partial charge in [-0.1, -0.05) is 6.42 Å². The molecule has 0 aromatic heterocycles. The quantitative estimate of drug-likeness (QED) is 0.730. The first-order valence-electron chi connectivity index (χ1n) is 5.86. The maximum atomic E-state index is 5.73. The van der Waals surface area contributed by atoms with Crippen molar-refractivity contribution in [2.75, 3.05) is 26.2 Å². The maximum absolute atomic E-state index is 5.73. The predicted octanol–water partition coefficient (Wildman–Crippen LogP) is 0.835. The van der Waals surface area contributed by atoms with Crippen molar-refractivity contribution in [2.24, 2.45) is 11.7 Å². The van der Waals surface area contributed by atoms with E-state index in [9.17, 15) is 0 Å². The minimum Gasteiger partial charge on any atom is -0.371 e. The highest BCUT2D eigenvalue weighted by Gasteiger charge is 2.27. The van der Waals surface area contributed by atoms with Crippen molar-refractivity contribution in [1.82, 2.24) is 4.90 Å². The van der Waals surface area contributed by atoms with Crippen LogP contribution in [0.4, 0.5) is 0 Å². The molecular formula is C11H22N2O. The summed E-state index contributed by atoms with van der Waals surface area (Å²) in [7, 11) is 0. The lowest BCUT2D eigenvalue weighted by Gasteiger charge is -2.39. The highest BCUT2D eigenvalue weighted by molar-refractivity contribution is 4.80. The SMILES string of the molecule is CC1CN(CC2CCC2)CC(CN)O1. The highest BCUT2D eigenvalue weighted by atomic mass is 16.5. The van der Waals surface area contributed by atoms with Gasteiger partial charge in [0.05, 0.1) is 12.2 Å². The molecule has 0 spiro atoms. The minimum atomic E-state index is 0.263. The van der Waals surface area contributed by atoms with Crippen molar-refractivity contribution in [3.05, 3.63) is 0 Å². The first kappa shape index (κ1) is 10.4. The van der Waals surface area contributed by atoms with Gasteiger partial charge in [-0.3, -0.25) is 4.90 Å². The van der Waals surface area contributed by atoms with Gasteiger partial charge in [-0.15, -0.1) is 0 Å². The van der Waals surface area contributed by atoms with Crippen molar-refractivity contribution >= 4 is 0 Å². The molecule has 2 aliphatic rings. The van der Waals surface area contributed by atoms with E-state index in [1.165, 1.54) is 25.8 Å². The van der Waals surface area contributed by atoms with E-state index in [1.807, 2.05) is 0 Å². The van der Waals surface area contributed by atoms with E-state index >= 15 is 0 Å². The summed E-state index contributed by atoms with van der Waals surface area (Å²) in [5, 5.41) is 0. The monoisotopic (exact) mass is 198 g/mol. The van der Waals surface area contributed by atoms with Gasteiger partial charge in [0.2, 0.25) is 0 Å². The molecule has 2 fully saturated rings. The molecule has 0 aromatic carbocycles. The maximum Gasteiger partial charge on any atom is 0.0828 e. The number of nitrogens with two attached hydrogens (primary N) is 1. The molecule has 82 valence electrons. The summed E-state index contributed by atoms with van der Waals surface area (Å²) >= 11 is 0. The molecule has 1 saturated carbocycles. The van der Waals surface area contributed by atoms with Gasteiger partial charge in [0, 0.05) is 26.2 Å². The lowest BCUT2D eigenvalue weighted by atomic mass is 9.85. The van der Waals surface area contributed by atoms with Crippen molar-refractivity contribution < 1.29 is 4.74 Å². The Kier molecular flexibility index (Phi) is 3.42. The summed E-state index contributed by atoms with van der Waals surface area (Å²) in [4.78, 5) is 2.54. The number of ether oxygens (including phenoxy) is 1. The molecule has 1 aliphatic heterocycles. The molecular weight excluding hydrogens is 176 g/mol. The Hall–Kier alpha value is -0.120. The van der Waals surface area contributed by atoms with Crippen LogP contribution in [0, 0.1) is 5.92 Å². The smallest absolute Gasteiger partial charge is 0.0828 e. The van der Waals surface area contributed by atoms with E-state index in [0.29, 0.717) is 12.6 Å². The molecule has 1 saturated heterocycles. The summed E-state index contributed by atoms with van der Waals surface area (Å²) in [6.45, 7) is 6.20. The van der Waals surface area contributed by atoms with Gasteiger partial charge >= 0.3 is 0 Å². The summed E-state index contributed by atoms with van der Waals surface area (Å²) in [6, 6.07) is 0. The van der Waals surface area contributed by atoms with Crippen molar-refractivity contribution in [3.8, 4) is 0 Å². The van der Waals surface area contributed by atoms with Crippen LogP contribution in [-0.2, 0) is 4.74 Å². The number of morpholine rings is 1. The Morgan fingerprint density at radius 2 is 2.14 bits per heavy atom. The van der Waals surface area contributed by atoms with Crippen LogP contribution in [0.5, 0.6) is 0 Å². The van der Waals surface area contributed by atoms with E-state index in [0.717, 1.165) is 19.0 Å². The van der Waals surface area contributed by atoms with Crippen LogP contribution >= 0.6 is 0 Å². The Balaban J connectivity index is 1.78. The van der Waals surface area contributed by atoms with Gasteiger partial charge in [0.25, 0.3) is 0 Å². The lowest BCUT2D eigenvalue weighted by Crippen LogP contribution is -2.50. The first-order valence-corrected chi connectivity index (χ1v) is 5.86. The van der Waals surface area contributed by atoms with Gasteiger partial charge in [0.15, 0.2) is 0 Å². The fourth-order valence-electron chi connectivity index (χ4n) is 2.46.